The fourth-order valence-corrected chi connectivity index (χ4v) is 5.34. The number of benzene rings is 1. The minimum atomic E-state index is -0.768. The number of aliphatic carboxylic acids is 1. The second-order valence-electron chi connectivity index (χ2n) is 10.00. The van der Waals surface area contributed by atoms with E-state index in [-0.39, 0.29) is 30.4 Å². The van der Waals surface area contributed by atoms with Gasteiger partial charge in [-0.15, -0.1) is 0 Å². The number of piperidine rings is 1. The first-order valence-electron chi connectivity index (χ1n) is 12.9. The van der Waals surface area contributed by atoms with E-state index in [1.165, 1.54) is 6.42 Å². The highest BCUT2D eigenvalue weighted by Gasteiger charge is 2.26. The molecule has 2 aliphatic rings. The van der Waals surface area contributed by atoms with Gasteiger partial charge in [0.1, 0.15) is 17.5 Å². The lowest BCUT2D eigenvalue weighted by Crippen LogP contribution is -2.38. The quantitative estimate of drug-likeness (QED) is 0.535. The van der Waals surface area contributed by atoms with Crippen LogP contribution < -0.4 is 15.0 Å². The molecule has 2 N–H and O–H groups in total. The van der Waals surface area contributed by atoms with Crippen molar-refractivity contribution in [2.24, 2.45) is 5.92 Å². The van der Waals surface area contributed by atoms with E-state index < -0.39 is 5.97 Å². The van der Waals surface area contributed by atoms with Gasteiger partial charge in [-0.2, -0.15) is 4.98 Å². The van der Waals surface area contributed by atoms with E-state index in [2.05, 4.69) is 10.2 Å². The number of carboxylic acid groups (broad SMARTS) is 1. The molecule has 1 saturated carbocycles. The second-order valence-corrected chi connectivity index (χ2v) is 10.00. The number of carbonyl (C=O) groups is 2. The van der Waals surface area contributed by atoms with Gasteiger partial charge in [0.2, 0.25) is 5.88 Å². The molecule has 1 amide bonds. The summed E-state index contributed by atoms with van der Waals surface area (Å²) in [6, 6.07) is 11.9. The smallest absolute Gasteiger partial charge is 0.303 e. The molecule has 35 heavy (non-hydrogen) atoms. The molecule has 1 aromatic carbocycles. The van der Waals surface area contributed by atoms with Crippen molar-refractivity contribution in [2.45, 2.75) is 77.4 Å². The molecule has 0 unspecified atom stereocenters. The topological polar surface area (TPSA) is 91.8 Å². The fraction of sp³-hybridized carbons (Fsp3) is 0.536. The van der Waals surface area contributed by atoms with Crippen molar-refractivity contribution in [3.8, 4) is 5.88 Å². The average molecular weight is 480 g/mol. The Bertz CT molecular complexity index is 1030. The van der Waals surface area contributed by atoms with Crippen LogP contribution in [0, 0.1) is 12.8 Å². The largest absolute Gasteiger partial charge is 0.481 e. The molecule has 1 aromatic heterocycles. The maximum atomic E-state index is 13.3. The zero-order valence-corrected chi connectivity index (χ0v) is 20.8. The van der Waals surface area contributed by atoms with Crippen molar-refractivity contribution in [1.82, 2.24) is 10.3 Å². The predicted octanol–water partition coefficient (Wildman–Crippen LogP) is 5.28. The third-order valence-electron chi connectivity index (χ3n) is 7.25. The van der Waals surface area contributed by atoms with E-state index >= 15 is 0 Å². The molecule has 1 aliphatic carbocycles. The van der Waals surface area contributed by atoms with Crippen molar-refractivity contribution in [3.63, 3.8) is 0 Å². The molecular weight excluding hydrogens is 442 g/mol. The Labute approximate surface area is 207 Å². The number of hydrogen-bond acceptors (Lipinski definition) is 5. The van der Waals surface area contributed by atoms with Crippen LogP contribution in [0.4, 0.5) is 5.82 Å². The number of aryl methyl sites for hydroxylation is 1. The first kappa shape index (κ1) is 25.0. The first-order valence-corrected chi connectivity index (χ1v) is 12.9. The van der Waals surface area contributed by atoms with Gasteiger partial charge in [-0.3, -0.25) is 9.59 Å². The number of pyridine rings is 1. The third-order valence-corrected chi connectivity index (χ3v) is 7.25. The number of ether oxygens (including phenoxy) is 1. The number of carboxylic acids is 1. The maximum absolute atomic E-state index is 13.3. The lowest BCUT2D eigenvalue weighted by atomic mass is 9.95. The van der Waals surface area contributed by atoms with Crippen LogP contribution in [-0.4, -0.2) is 41.1 Å². The number of nitrogens with zero attached hydrogens (tertiary/aromatic N) is 2. The van der Waals surface area contributed by atoms with Crippen molar-refractivity contribution in [1.29, 1.82) is 0 Å². The fourth-order valence-electron chi connectivity index (χ4n) is 5.34. The standard InChI is InChI=1S/C28H37N3O4/c1-19-9-6-7-13-23(19)20(2)35-28-24(27(34)29-22-11-4-3-5-12-22)14-15-25(30-28)31-16-8-10-21(18-31)17-26(32)33/h6-7,9,13-15,20-22H,3-5,8,10-12,16-18H2,1-2H3,(H,29,34)(H,32,33)/t20-,21+/m1/s1. The zero-order chi connectivity index (χ0) is 24.8. The molecule has 2 fully saturated rings. The molecule has 4 rings (SSSR count). The molecule has 0 radical (unpaired) electrons. The molecule has 7 nitrogen and oxygen atoms in total. The summed E-state index contributed by atoms with van der Waals surface area (Å²) >= 11 is 0. The molecule has 2 aromatic rings. The number of rotatable bonds is 8. The molecule has 2 heterocycles. The Balaban J connectivity index is 1.59. The minimum Gasteiger partial charge on any atom is -0.481 e. The number of anilines is 1. The first-order chi connectivity index (χ1) is 16.9. The van der Waals surface area contributed by atoms with Gasteiger partial charge in [-0.25, -0.2) is 0 Å². The van der Waals surface area contributed by atoms with E-state index in [0.717, 1.165) is 62.0 Å². The van der Waals surface area contributed by atoms with Crippen LogP contribution in [0.3, 0.4) is 0 Å². The molecule has 0 spiro atoms. The number of amides is 1. The summed E-state index contributed by atoms with van der Waals surface area (Å²) in [4.78, 5) is 31.4. The Morgan fingerprint density at radius 2 is 1.89 bits per heavy atom. The van der Waals surface area contributed by atoms with Gasteiger partial charge in [0.25, 0.3) is 5.91 Å². The molecular formula is C28H37N3O4. The molecule has 1 aliphatic heterocycles. The summed E-state index contributed by atoms with van der Waals surface area (Å²) in [5.41, 5.74) is 2.62. The summed E-state index contributed by atoms with van der Waals surface area (Å²) in [5.74, 6) is 0.224. The van der Waals surface area contributed by atoms with Crippen LogP contribution >= 0.6 is 0 Å². The van der Waals surface area contributed by atoms with E-state index in [9.17, 15) is 14.7 Å². The van der Waals surface area contributed by atoms with E-state index in [1.54, 1.807) is 6.07 Å². The number of hydrogen-bond donors (Lipinski definition) is 2. The average Bonchev–Trinajstić information content (AvgIpc) is 2.84. The van der Waals surface area contributed by atoms with Crippen LogP contribution in [0.5, 0.6) is 5.88 Å². The summed E-state index contributed by atoms with van der Waals surface area (Å²) in [6.45, 7) is 5.47. The van der Waals surface area contributed by atoms with Crippen molar-refractivity contribution in [3.05, 3.63) is 53.1 Å². The van der Waals surface area contributed by atoms with Gasteiger partial charge >= 0.3 is 5.97 Å². The SMILES string of the molecule is Cc1ccccc1[C@@H](C)Oc1nc(N2CCC[C@@H](CC(=O)O)C2)ccc1C(=O)NC1CCCCC1. The van der Waals surface area contributed by atoms with Crippen LogP contribution in [0.15, 0.2) is 36.4 Å². The van der Waals surface area contributed by atoms with E-state index in [4.69, 9.17) is 9.72 Å². The Kier molecular flexibility index (Phi) is 8.26. The lowest BCUT2D eigenvalue weighted by Gasteiger charge is -2.33. The summed E-state index contributed by atoms with van der Waals surface area (Å²) < 4.78 is 6.35. The summed E-state index contributed by atoms with van der Waals surface area (Å²) in [6.07, 6.45) is 7.22. The zero-order valence-electron chi connectivity index (χ0n) is 20.8. The monoisotopic (exact) mass is 479 g/mol. The Hall–Kier alpha value is -3.09. The molecule has 0 bridgehead atoms. The molecule has 7 heteroatoms. The van der Waals surface area contributed by atoms with Gasteiger partial charge in [-0.05, 0) is 68.7 Å². The van der Waals surface area contributed by atoms with Gasteiger partial charge < -0.3 is 20.1 Å². The van der Waals surface area contributed by atoms with Crippen LogP contribution in [0.2, 0.25) is 0 Å². The third kappa shape index (κ3) is 6.53. The van der Waals surface area contributed by atoms with Gasteiger partial charge in [0.05, 0.1) is 0 Å². The molecule has 1 saturated heterocycles. The highest BCUT2D eigenvalue weighted by Crippen LogP contribution is 2.30. The van der Waals surface area contributed by atoms with Gasteiger partial charge in [0, 0.05) is 25.6 Å². The van der Waals surface area contributed by atoms with E-state index in [0.29, 0.717) is 18.0 Å². The van der Waals surface area contributed by atoms with Crippen molar-refractivity contribution in [2.75, 3.05) is 18.0 Å². The van der Waals surface area contributed by atoms with Crippen LogP contribution in [-0.2, 0) is 4.79 Å². The van der Waals surface area contributed by atoms with Crippen LogP contribution in [0.1, 0.15) is 85.9 Å². The van der Waals surface area contributed by atoms with Crippen molar-refractivity contribution >= 4 is 17.7 Å². The number of carbonyl (C=O) groups excluding carboxylic acids is 1. The van der Waals surface area contributed by atoms with Crippen LogP contribution in [0.25, 0.3) is 0 Å². The van der Waals surface area contributed by atoms with Crippen molar-refractivity contribution < 1.29 is 19.4 Å². The maximum Gasteiger partial charge on any atom is 0.303 e. The normalized spacial score (nSPS) is 19.7. The second kappa shape index (κ2) is 11.6. The predicted molar refractivity (Wildman–Crippen MR) is 136 cm³/mol. The lowest BCUT2D eigenvalue weighted by molar-refractivity contribution is -0.138. The summed E-state index contributed by atoms with van der Waals surface area (Å²) in [7, 11) is 0. The number of nitrogens with one attached hydrogen (secondary N) is 1. The Morgan fingerprint density at radius 3 is 2.63 bits per heavy atom. The highest BCUT2D eigenvalue weighted by molar-refractivity contribution is 5.96. The van der Waals surface area contributed by atoms with E-state index in [1.807, 2.05) is 44.2 Å². The Morgan fingerprint density at radius 1 is 1.11 bits per heavy atom. The van der Waals surface area contributed by atoms with Gasteiger partial charge in [0.15, 0.2) is 0 Å². The highest BCUT2D eigenvalue weighted by atomic mass is 16.5. The molecule has 188 valence electrons. The number of aromatic nitrogens is 1. The summed E-state index contributed by atoms with van der Waals surface area (Å²) in [5, 5.41) is 12.4. The van der Waals surface area contributed by atoms with Gasteiger partial charge in [-0.1, -0.05) is 43.5 Å². The molecule has 2 atom stereocenters. The minimum absolute atomic E-state index is 0.0904.